The van der Waals surface area contributed by atoms with Crippen molar-refractivity contribution in [2.24, 2.45) is 0 Å². The molecule has 0 radical (unpaired) electrons. The van der Waals surface area contributed by atoms with Crippen LogP contribution in [-0.2, 0) is 14.2 Å². The molecular weight excluding hydrogens is 627 g/mol. The van der Waals surface area contributed by atoms with Crippen LogP contribution in [0.25, 0.3) is 10.1 Å². The zero-order chi connectivity index (χ0) is 31.9. The van der Waals surface area contributed by atoms with Crippen LogP contribution in [0, 0.1) is 5.82 Å². The molecule has 3 saturated heterocycles. The van der Waals surface area contributed by atoms with Crippen molar-refractivity contribution in [3.05, 3.63) is 58.7 Å². The van der Waals surface area contributed by atoms with Gasteiger partial charge < -0.3 is 24.9 Å². The minimum Gasteiger partial charge on any atom is -0.341 e. The maximum Gasteiger partial charge on any atom is 0.363 e. The lowest BCUT2D eigenvalue weighted by molar-refractivity contribution is -0.147. The topological polar surface area (TPSA) is 153 Å². The van der Waals surface area contributed by atoms with Crippen molar-refractivity contribution in [1.29, 1.82) is 0 Å². The molecule has 45 heavy (non-hydrogen) atoms. The van der Waals surface area contributed by atoms with Gasteiger partial charge in [-0.25, -0.2) is 18.7 Å². The maximum absolute atomic E-state index is 14.2. The summed E-state index contributed by atoms with van der Waals surface area (Å²) in [7, 11) is -4.99. The van der Waals surface area contributed by atoms with E-state index in [2.05, 4.69) is 15.3 Å². The fourth-order valence-corrected chi connectivity index (χ4v) is 8.36. The molecule has 3 fully saturated rings. The summed E-state index contributed by atoms with van der Waals surface area (Å²) in [6, 6.07) is 4.07. The summed E-state index contributed by atoms with van der Waals surface area (Å²) in [6.45, 7) is 0.864. The van der Waals surface area contributed by atoms with E-state index in [1.807, 2.05) is 0 Å². The van der Waals surface area contributed by atoms with E-state index >= 15 is 0 Å². The standard InChI is InChI=1S/C30H34F2N5O6PS/c31-21-15-33-16-34-26(21)17-9-11-36(12-10-17)30(40)23-7-6-20-3-1-2-4-22(29(39)37(20)23)35-28(38)25-14-19-13-18(5-8-24(19)45-25)27(32)44(41,42)43/h5,8,13-17,20,22-23,27H,1-4,6-7,9-12H2,(H,35,38)(H2,41,42,43)/t20-,22-,23-,27?/m0/s1. The number of fused-ring (bicyclic) bond motifs is 2. The van der Waals surface area contributed by atoms with Gasteiger partial charge in [-0.2, -0.15) is 0 Å². The SMILES string of the molecule is O=C(N[C@H]1CCCC[C@H]2CC[C@@H](C(=O)N3CCC(c4ncncc4F)CC3)N2C1=O)c1cc2cc(C(F)P(=O)(O)O)ccc2s1. The van der Waals surface area contributed by atoms with Crippen molar-refractivity contribution < 1.29 is 37.5 Å². The van der Waals surface area contributed by atoms with E-state index in [0.29, 0.717) is 61.0 Å². The van der Waals surface area contributed by atoms with Crippen molar-refractivity contribution in [3.8, 4) is 0 Å². The third-order valence-electron chi connectivity index (χ3n) is 9.15. The van der Waals surface area contributed by atoms with Crippen molar-refractivity contribution in [2.45, 2.75) is 81.3 Å². The Morgan fingerprint density at radius 3 is 2.56 bits per heavy atom. The molecule has 3 aliphatic heterocycles. The predicted molar refractivity (Wildman–Crippen MR) is 162 cm³/mol. The predicted octanol–water partition coefficient (Wildman–Crippen LogP) is 4.41. The Hall–Kier alpha value is -3.32. The largest absolute Gasteiger partial charge is 0.363 e. The van der Waals surface area contributed by atoms with Crippen LogP contribution in [0.3, 0.4) is 0 Å². The van der Waals surface area contributed by atoms with E-state index in [-0.39, 0.29) is 34.2 Å². The molecule has 0 spiro atoms. The van der Waals surface area contributed by atoms with Gasteiger partial charge in [0.25, 0.3) is 5.91 Å². The number of rotatable bonds is 6. The van der Waals surface area contributed by atoms with Crippen LogP contribution in [0.1, 0.15) is 84.1 Å². The second kappa shape index (κ2) is 12.8. The minimum absolute atomic E-state index is 0.0933. The highest BCUT2D eigenvalue weighted by atomic mass is 32.1. The monoisotopic (exact) mass is 661 g/mol. The molecule has 3 aliphatic rings. The van der Waals surface area contributed by atoms with Gasteiger partial charge in [0, 0.05) is 29.7 Å². The highest BCUT2D eigenvalue weighted by Crippen LogP contribution is 2.53. The number of aromatic nitrogens is 2. The third kappa shape index (κ3) is 6.51. The molecule has 240 valence electrons. The molecule has 3 N–H and O–H groups in total. The lowest BCUT2D eigenvalue weighted by Gasteiger charge is -2.38. The molecule has 11 nitrogen and oxygen atoms in total. The van der Waals surface area contributed by atoms with E-state index in [1.165, 1.54) is 30.6 Å². The second-order valence-corrected chi connectivity index (χ2v) is 14.7. The van der Waals surface area contributed by atoms with Crippen molar-refractivity contribution in [1.82, 2.24) is 25.1 Å². The third-order valence-corrected chi connectivity index (χ3v) is 11.2. The maximum atomic E-state index is 14.2. The number of halogens is 2. The number of alkyl halides is 1. The number of nitrogens with one attached hydrogen (secondary N) is 1. The number of likely N-dealkylation sites (tertiary alicyclic amines) is 1. The van der Waals surface area contributed by atoms with Crippen LogP contribution in [0.5, 0.6) is 0 Å². The number of amides is 3. The first kappa shape index (κ1) is 31.7. The minimum atomic E-state index is -4.99. The van der Waals surface area contributed by atoms with E-state index < -0.39 is 37.3 Å². The molecule has 3 amide bonds. The molecule has 0 aliphatic carbocycles. The number of thiophene rings is 1. The first-order valence-corrected chi connectivity index (χ1v) is 17.6. The van der Waals surface area contributed by atoms with E-state index in [1.54, 1.807) is 9.80 Å². The Bertz CT molecular complexity index is 1660. The molecule has 1 unspecified atom stereocenters. The molecule has 0 bridgehead atoms. The van der Waals surface area contributed by atoms with Crippen LogP contribution in [-0.4, -0.2) is 78.5 Å². The van der Waals surface area contributed by atoms with E-state index in [9.17, 15) is 37.5 Å². The number of hydrogen-bond donors (Lipinski definition) is 3. The highest BCUT2D eigenvalue weighted by molar-refractivity contribution is 7.51. The summed E-state index contributed by atoms with van der Waals surface area (Å²) in [4.78, 5) is 71.0. The average Bonchev–Trinajstić information content (AvgIpc) is 3.64. The number of hydrogen-bond acceptors (Lipinski definition) is 7. The van der Waals surface area contributed by atoms with Gasteiger partial charge in [0.2, 0.25) is 17.7 Å². The van der Waals surface area contributed by atoms with E-state index in [0.717, 1.165) is 36.8 Å². The molecule has 1 aromatic carbocycles. The summed E-state index contributed by atoms with van der Waals surface area (Å²) in [5, 5.41) is 3.32. The number of nitrogens with zero attached hydrogens (tertiary/aromatic N) is 4. The molecule has 4 atom stereocenters. The number of benzene rings is 1. The molecule has 0 saturated carbocycles. The molecule has 5 heterocycles. The molecular formula is C30H34F2N5O6PS. The fraction of sp³-hybridized carbons (Fsp3) is 0.500. The number of carbonyl (C=O) groups excluding carboxylic acids is 3. The van der Waals surface area contributed by atoms with Crippen LogP contribution in [0.4, 0.5) is 8.78 Å². The van der Waals surface area contributed by atoms with Gasteiger partial charge in [0.05, 0.1) is 16.8 Å². The number of piperidine rings is 1. The highest BCUT2D eigenvalue weighted by Gasteiger charge is 2.45. The molecule has 2 aromatic heterocycles. The lowest BCUT2D eigenvalue weighted by atomic mass is 9.92. The summed E-state index contributed by atoms with van der Waals surface area (Å²) in [6.07, 6.45) is 7.64. The summed E-state index contributed by atoms with van der Waals surface area (Å²) < 4.78 is 40.5. The summed E-state index contributed by atoms with van der Waals surface area (Å²) in [5.74, 6) is -3.92. The zero-order valence-electron chi connectivity index (χ0n) is 24.3. The Labute approximate surface area is 262 Å². The molecule has 3 aromatic rings. The smallest absolute Gasteiger partial charge is 0.341 e. The average molecular weight is 662 g/mol. The van der Waals surface area contributed by atoms with E-state index in [4.69, 9.17) is 0 Å². The van der Waals surface area contributed by atoms with Crippen molar-refractivity contribution >= 4 is 46.7 Å². The fourth-order valence-electron chi connectivity index (χ4n) is 6.86. The Kier molecular flexibility index (Phi) is 9.02. The summed E-state index contributed by atoms with van der Waals surface area (Å²) in [5.41, 5.74) is 0.180. The van der Waals surface area contributed by atoms with Crippen LogP contribution in [0.15, 0.2) is 36.8 Å². The Morgan fingerprint density at radius 1 is 1.07 bits per heavy atom. The van der Waals surface area contributed by atoms with Crippen molar-refractivity contribution in [3.63, 3.8) is 0 Å². The Balaban J connectivity index is 1.14. The van der Waals surface area contributed by atoms with Gasteiger partial charge in [0.15, 0.2) is 5.82 Å². The van der Waals surface area contributed by atoms with Crippen LogP contribution >= 0.6 is 18.9 Å². The van der Waals surface area contributed by atoms with Gasteiger partial charge in [-0.1, -0.05) is 18.9 Å². The van der Waals surface area contributed by atoms with Gasteiger partial charge >= 0.3 is 7.60 Å². The lowest BCUT2D eigenvalue weighted by Crippen LogP contribution is -2.57. The van der Waals surface area contributed by atoms with Gasteiger partial charge in [-0.05, 0) is 67.7 Å². The Morgan fingerprint density at radius 2 is 1.82 bits per heavy atom. The quantitative estimate of drug-likeness (QED) is 0.329. The van der Waals surface area contributed by atoms with Crippen LogP contribution in [0.2, 0.25) is 0 Å². The van der Waals surface area contributed by atoms with Crippen LogP contribution < -0.4 is 5.32 Å². The number of carbonyl (C=O) groups is 3. The first-order chi connectivity index (χ1) is 21.5. The zero-order valence-corrected chi connectivity index (χ0v) is 26.1. The molecule has 15 heteroatoms. The van der Waals surface area contributed by atoms with Gasteiger partial charge in [-0.3, -0.25) is 18.9 Å². The molecule has 6 rings (SSSR count). The normalized spacial score (nSPS) is 23.8. The first-order valence-electron chi connectivity index (χ1n) is 15.1. The second-order valence-electron chi connectivity index (χ2n) is 12.0. The van der Waals surface area contributed by atoms with Gasteiger partial charge in [0.1, 0.15) is 18.4 Å². The van der Waals surface area contributed by atoms with Crippen molar-refractivity contribution in [2.75, 3.05) is 13.1 Å². The van der Waals surface area contributed by atoms with Gasteiger partial charge in [-0.15, -0.1) is 11.3 Å². The summed E-state index contributed by atoms with van der Waals surface area (Å²) >= 11 is 1.13.